The average Bonchev–Trinajstić information content (AvgIpc) is 2.03. The van der Waals surface area contributed by atoms with Gasteiger partial charge in [-0.3, -0.25) is 4.39 Å². The van der Waals surface area contributed by atoms with Crippen molar-refractivity contribution < 1.29 is 14.6 Å². The zero-order valence-electron chi connectivity index (χ0n) is 7.48. The van der Waals surface area contributed by atoms with E-state index in [1.165, 1.54) is 18.2 Å². The van der Waals surface area contributed by atoms with Crippen LogP contribution < -0.4 is 5.73 Å². The Bertz CT molecular complexity index is 276. The van der Waals surface area contributed by atoms with Crippen LogP contribution in [0, 0.1) is 0 Å². The van der Waals surface area contributed by atoms with E-state index in [9.17, 15) is 4.39 Å². The molecule has 0 saturated heterocycles. The van der Waals surface area contributed by atoms with Gasteiger partial charge in [0.2, 0.25) is 0 Å². The van der Waals surface area contributed by atoms with Crippen molar-refractivity contribution in [2.24, 2.45) is 5.73 Å². The molecule has 0 bridgehead atoms. The zero-order valence-corrected chi connectivity index (χ0v) is 8.30. The third-order valence-corrected chi connectivity index (χ3v) is 1.77. The number of benzene rings is 1. The summed E-state index contributed by atoms with van der Waals surface area (Å²) in [4.78, 5) is 0. The molecule has 1 aromatic rings. The molecule has 1 rings (SSSR count). The maximum Gasteiger partial charge on any atom is 0.119 e. The zero-order chi connectivity index (χ0) is 9.84. The van der Waals surface area contributed by atoms with Crippen LogP contribution in [0.4, 0.5) is 4.39 Å². The number of halogens is 2. The fourth-order valence-electron chi connectivity index (χ4n) is 1.12. The number of hydrogen-bond acceptors (Lipinski definition) is 3. The van der Waals surface area contributed by atoms with Crippen molar-refractivity contribution in [2.75, 3.05) is 6.67 Å². The van der Waals surface area contributed by atoms with Gasteiger partial charge in [-0.05, 0) is 24.1 Å². The van der Waals surface area contributed by atoms with Crippen LogP contribution in [0.2, 0.25) is 0 Å². The van der Waals surface area contributed by atoms with E-state index in [4.69, 9.17) is 15.9 Å². The second-order valence-corrected chi connectivity index (χ2v) is 2.87. The lowest BCUT2D eigenvalue weighted by molar-refractivity contribution is 0.431. The van der Waals surface area contributed by atoms with Gasteiger partial charge in [-0.2, -0.15) is 0 Å². The quantitative estimate of drug-likeness (QED) is 0.730. The lowest BCUT2D eigenvalue weighted by Gasteiger charge is -2.10. The van der Waals surface area contributed by atoms with Crippen LogP contribution in [0.3, 0.4) is 0 Å². The molecule has 0 fully saturated rings. The molecular formula is C9H13ClFNO2. The fraction of sp³-hybridized carbons (Fsp3) is 0.333. The van der Waals surface area contributed by atoms with Crippen molar-refractivity contribution in [1.82, 2.24) is 0 Å². The molecule has 0 aliphatic carbocycles. The minimum atomic E-state index is -0.516. The average molecular weight is 222 g/mol. The van der Waals surface area contributed by atoms with Crippen LogP contribution in [0.5, 0.6) is 11.5 Å². The van der Waals surface area contributed by atoms with E-state index >= 15 is 0 Å². The first-order chi connectivity index (χ1) is 6.13. The monoisotopic (exact) mass is 221 g/mol. The third-order valence-electron chi connectivity index (χ3n) is 1.77. The van der Waals surface area contributed by atoms with Gasteiger partial charge in [0.1, 0.15) is 11.5 Å². The predicted molar refractivity (Wildman–Crippen MR) is 54.5 cm³/mol. The van der Waals surface area contributed by atoms with E-state index in [0.29, 0.717) is 5.56 Å². The standard InChI is InChI=1S/C9H12FNO2.ClH/c10-2-1-9(11)6-3-7(12)5-8(13)4-6;/h3-5,9,12-13H,1-2,11H2;1H/t9-;/m1./s1. The lowest BCUT2D eigenvalue weighted by Crippen LogP contribution is -2.10. The molecule has 0 aromatic heterocycles. The smallest absolute Gasteiger partial charge is 0.119 e. The summed E-state index contributed by atoms with van der Waals surface area (Å²) in [6, 6.07) is 3.55. The number of nitrogens with two attached hydrogens (primary N) is 1. The molecule has 0 amide bonds. The molecule has 1 atom stereocenters. The molecule has 4 N–H and O–H groups in total. The van der Waals surface area contributed by atoms with Gasteiger partial charge in [-0.25, -0.2) is 0 Å². The summed E-state index contributed by atoms with van der Waals surface area (Å²) in [6.45, 7) is -0.516. The molecule has 80 valence electrons. The molecule has 0 aliphatic heterocycles. The summed E-state index contributed by atoms with van der Waals surface area (Å²) in [6.07, 6.45) is 0.183. The maximum absolute atomic E-state index is 11.9. The van der Waals surface area contributed by atoms with Crippen molar-refractivity contribution in [2.45, 2.75) is 12.5 Å². The first kappa shape index (κ1) is 13.0. The normalized spacial score (nSPS) is 11.9. The summed E-state index contributed by atoms with van der Waals surface area (Å²) in [5, 5.41) is 18.2. The second kappa shape index (κ2) is 5.67. The first-order valence-corrected chi connectivity index (χ1v) is 3.98. The fourth-order valence-corrected chi connectivity index (χ4v) is 1.12. The highest BCUT2D eigenvalue weighted by Crippen LogP contribution is 2.25. The number of alkyl halides is 1. The molecule has 14 heavy (non-hydrogen) atoms. The number of rotatable bonds is 3. The van der Waals surface area contributed by atoms with Crippen molar-refractivity contribution in [3.8, 4) is 11.5 Å². The van der Waals surface area contributed by atoms with E-state index in [1.807, 2.05) is 0 Å². The Morgan fingerprint density at radius 1 is 1.21 bits per heavy atom. The van der Waals surface area contributed by atoms with E-state index in [0.717, 1.165) is 0 Å². The molecule has 0 aliphatic rings. The van der Waals surface area contributed by atoms with Crippen LogP contribution >= 0.6 is 12.4 Å². The minimum absolute atomic E-state index is 0. The van der Waals surface area contributed by atoms with Gasteiger partial charge in [-0.15, -0.1) is 12.4 Å². The Labute approximate surface area is 87.8 Å². The van der Waals surface area contributed by atoms with Crippen LogP contribution in [-0.2, 0) is 0 Å². The maximum atomic E-state index is 11.9. The molecule has 0 heterocycles. The van der Waals surface area contributed by atoms with Crippen LogP contribution in [0.15, 0.2) is 18.2 Å². The van der Waals surface area contributed by atoms with E-state index in [-0.39, 0.29) is 30.3 Å². The number of hydrogen-bond donors (Lipinski definition) is 3. The summed E-state index contributed by atoms with van der Waals surface area (Å²) in [5.74, 6) is -0.131. The first-order valence-electron chi connectivity index (χ1n) is 3.98. The Morgan fingerprint density at radius 2 is 1.71 bits per heavy atom. The Morgan fingerprint density at radius 3 is 2.14 bits per heavy atom. The highest BCUT2D eigenvalue weighted by molar-refractivity contribution is 5.85. The van der Waals surface area contributed by atoms with Gasteiger partial charge in [-0.1, -0.05) is 0 Å². The largest absolute Gasteiger partial charge is 0.508 e. The molecule has 0 radical (unpaired) electrons. The van der Waals surface area contributed by atoms with E-state index < -0.39 is 12.7 Å². The van der Waals surface area contributed by atoms with E-state index in [2.05, 4.69) is 0 Å². The topological polar surface area (TPSA) is 66.5 Å². The van der Waals surface area contributed by atoms with Gasteiger partial charge < -0.3 is 15.9 Å². The van der Waals surface area contributed by atoms with Gasteiger partial charge in [0.25, 0.3) is 0 Å². The lowest BCUT2D eigenvalue weighted by atomic mass is 10.0. The Hall–Kier alpha value is -1.00. The van der Waals surface area contributed by atoms with Crippen molar-refractivity contribution in [1.29, 1.82) is 0 Å². The van der Waals surface area contributed by atoms with Gasteiger partial charge in [0, 0.05) is 12.1 Å². The van der Waals surface area contributed by atoms with Gasteiger partial charge in [0.05, 0.1) is 6.67 Å². The molecule has 3 nitrogen and oxygen atoms in total. The second-order valence-electron chi connectivity index (χ2n) is 2.87. The molecule has 0 unspecified atom stereocenters. The van der Waals surface area contributed by atoms with Crippen molar-refractivity contribution in [3.05, 3.63) is 23.8 Å². The SMILES string of the molecule is Cl.N[C@H](CCF)c1cc(O)cc(O)c1. The van der Waals surface area contributed by atoms with Gasteiger partial charge in [0.15, 0.2) is 0 Å². The molecule has 1 aromatic carbocycles. The molecule has 0 saturated carbocycles. The summed E-state index contributed by atoms with van der Waals surface area (Å²) in [5.41, 5.74) is 6.12. The van der Waals surface area contributed by atoms with E-state index in [1.54, 1.807) is 0 Å². The highest BCUT2D eigenvalue weighted by atomic mass is 35.5. The third kappa shape index (κ3) is 3.40. The van der Waals surface area contributed by atoms with Crippen LogP contribution in [0.25, 0.3) is 0 Å². The molecular weight excluding hydrogens is 209 g/mol. The summed E-state index contributed by atoms with van der Waals surface area (Å²) < 4.78 is 11.9. The Balaban J connectivity index is 0.00000169. The highest BCUT2D eigenvalue weighted by Gasteiger charge is 2.07. The van der Waals surface area contributed by atoms with Crippen molar-refractivity contribution in [3.63, 3.8) is 0 Å². The summed E-state index contributed by atoms with van der Waals surface area (Å²) >= 11 is 0. The predicted octanol–water partition coefficient (Wildman–Crippen LogP) is 1.88. The Kier molecular flexibility index (Phi) is 5.27. The molecule has 5 heteroatoms. The van der Waals surface area contributed by atoms with Crippen molar-refractivity contribution >= 4 is 12.4 Å². The molecule has 0 spiro atoms. The number of phenolic OH excluding ortho intramolecular Hbond substituents is 2. The minimum Gasteiger partial charge on any atom is -0.508 e. The van der Waals surface area contributed by atoms with Crippen LogP contribution in [0.1, 0.15) is 18.0 Å². The number of phenols is 2. The number of aromatic hydroxyl groups is 2. The van der Waals surface area contributed by atoms with Crippen LogP contribution in [-0.4, -0.2) is 16.9 Å². The summed E-state index contributed by atoms with van der Waals surface area (Å²) in [7, 11) is 0. The van der Waals surface area contributed by atoms with Gasteiger partial charge >= 0.3 is 0 Å².